The van der Waals surface area contributed by atoms with Crippen LogP contribution in [-0.2, 0) is 10.3 Å². The molecule has 1 fully saturated rings. The van der Waals surface area contributed by atoms with E-state index < -0.39 is 34.0 Å². The Kier molecular flexibility index (Phi) is 4.79. The third kappa shape index (κ3) is 3.04. The summed E-state index contributed by atoms with van der Waals surface area (Å²) in [5, 5.41) is 13.9. The minimum absolute atomic E-state index is 0.0709. The summed E-state index contributed by atoms with van der Waals surface area (Å²) in [6, 6.07) is 15.0. The van der Waals surface area contributed by atoms with E-state index in [9.17, 15) is 24.1 Å². The van der Waals surface area contributed by atoms with E-state index in [1.54, 1.807) is 42.3 Å². The number of fused-ring (bicyclic) bond motifs is 2. The Morgan fingerprint density at radius 2 is 1.97 bits per heavy atom. The van der Waals surface area contributed by atoms with Crippen molar-refractivity contribution in [1.29, 1.82) is 0 Å². The third-order valence-corrected chi connectivity index (χ3v) is 6.64. The summed E-state index contributed by atoms with van der Waals surface area (Å²) in [4.78, 5) is 44.0. The van der Waals surface area contributed by atoms with Crippen LogP contribution in [0.2, 0.25) is 0 Å². The van der Waals surface area contributed by atoms with Crippen LogP contribution in [0, 0.1) is 21.8 Å². The normalized spacial score (nSPS) is 24.0. The van der Waals surface area contributed by atoms with Gasteiger partial charge in [-0.1, -0.05) is 18.2 Å². The second-order valence-electron chi connectivity index (χ2n) is 8.30. The van der Waals surface area contributed by atoms with Crippen LogP contribution in [0.3, 0.4) is 0 Å². The number of likely N-dealkylation sites (N-methyl/N-ethyl adjacent to an activating group) is 1. The molecule has 1 aromatic heterocycles. The summed E-state index contributed by atoms with van der Waals surface area (Å²) >= 11 is 0. The van der Waals surface area contributed by atoms with Crippen molar-refractivity contribution in [3.8, 4) is 0 Å². The molecule has 9 heteroatoms. The zero-order valence-electron chi connectivity index (χ0n) is 17.6. The summed E-state index contributed by atoms with van der Waals surface area (Å²) < 4.78 is 14.3. The lowest BCUT2D eigenvalue weighted by atomic mass is 9.71. The predicted octanol–water partition coefficient (Wildman–Crippen LogP) is 3.50. The van der Waals surface area contributed by atoms with Crippen LogP contribution in [0.15, 0.2) is 66.9 Å². The van der Waals surface area contributed by atoms with E-state index in [0.717, 1.165) is 0 Å². The van der Waals surface area contributed by atoms with Gasteiger partial charge in [0.05, 0.1) is 10.8 Å². The van der Waals surface area contributed by atoms with Gasteiger partial charge in [0.2, 0.25) is 5.91 Å². The number of hydrogen-bond donors (Lipinski definition) is 1. The lowest BCUT2D eigenvalue weighted by molar-refractivity contribution is -0.384. The molecular formula is C24H19FN4O4. The smallest absolute Gasteiger partial charge is 0.269 e. The monoisotopic (exact) mass is 446 g/mol. The number of ketones is 1. The highest BCUT2D eigenvalue weighted by atomic mass is 19.1. The van der Waals surface area contributed by atoms with E-state index in [1.807, 2.05) is 0 Å². The number of likely N-dealkylation sites (tertiary alicyclic amines) is 1. The molecule has 0 aliphatic carbocycles. The number of nitro groups is 1. The lowest BCUT2D eigenvalue weighted by Crippen LogP contribution is -2.51. The Morgan fingerprint density at radius 3 is 2.64 bits per heavy atom. The Morgan fingerprint density at radius 1 is 1.21 bits per heavy atom. The van der Waals surface area contributed by atoms with Gasteiger partial charge in [-0.3, -0.25) is 29.6 Å². The molecule has 166 valence electrons. The molecule has 5 rings (SSSR count). The van der Waals surface area contributed by atoms with Gasteiger partial charge in [0.15, 0.2) is 5.78 Å². The summed E-state index contributed by atoms with van der Waals surface area (Å²) in [7, 11) is 1.73. The fourth-order valence-corrected chi connectivity index (χ4v) is 5.22. The topological polar surface area (TPSA) is 105 Å². The van der Waals surface area contributed by atoms with E-state index in [4.69, 9.17) is 0 Å². The van der Waals surface area contributed by atoms with Gasteiger partial charge in [-0.05, 0) is 42.9 Å². The number of nitrogens with one attached hydrogen (secondary N) is 1. The Hall–Kier alpha value is -3.98. The maximum absolute atomic E-state index is 14.3. The highest BCUT2D eigenvalue weighted by Crippen LogP contribution is 2.55. The van der Waals surface area contributed by atoms with Crippen LogP contribution in [0.5, 0.6) is 0 Å². The number of aromatic nitrogens is 1. The summed E-state index contributed by atoms with van der Waals surface area (Å²) in [5.41, 5.74) is 0.208. The SMILES string of the molecule is CN1C[C@@H](c2ccc([N+](=O)[O-])cc2)[C@H](C(=O)c2ccccn2)[C@]12C(=O)Nc1ccc(F)cc12. The van der Waals surface area contributed by atoms with Gasteiger partial charge >= 0.3 is 0 Å². The van der Waals surface area contributed by atoms with Gasteiger partial charge in [-0.2, -0.15) is 0 Å². The number of anilines is 1. The molecule has 2 aliphatic heterocycles. The number of amides is 1. The number of carbonyl (C=O) groups excluding carboxylic acids is 2. The zero-order chi connectivity index (χ0) is 23.3. The van der Waals surface area contributed by atoms with Crippen molar-refractivity contribution in [2.45, 2.75) is 11.5 Å². The maximum Gasteiger partial charge on any atom is 0.269 e. The molecule has 1 spiro atoms. The van der Waals surface area contributed by atoms with Crippen molar-refractivity contribution in [3.05, 3.63) is 99.6 Å². The van der Waals surface area contributed by atoms with Gasteiger partial charge in [0.25, 0.3) is 5.69 Å². The van der Waals surface area contributed by atoms with Crippen LogP contribution in [-0.4, -0.2) is 40.1 Å². The minimum atomic E-state index is -1.45. The van der Waals surface area contributed by atoms with Crippen LogP contribution in [0.1, 0.15) is 27.5 Å². The first-order valence-corrected chi connectivity index (χ1v) is 10.4. The van der Waals surface area contributed by atoms with Crippen molar-refractivity contribution in [2.75, 3.05) is 18.9 Å². The first-order chi connectivity index (χ1) is 15.8. The predicted molar refractivity (Wildman–Crippen MR) is 117 cm³/mol. The summed E-state index contributed by atoms with van der Waals surface area (Å²) in [5.74, 6) is -2.69. The molecule has 3 aromatic rings. The van der Waals surface area contributed by atoms with E-state index >= 15 is 0 Å². The molecule has 8 nitrogen and oxygen atoms in total. The average molecular weight is 446 g/mol. The fourth-order valence-electron chi connectivity index (χ4n) is 5.22. The fraction of sp³-hybridized carbons (Fsp3) is 0.208. The van der Waals surface area contributed by atoms with E-state index in [0.29, 0.717) is 23.4 Å². The second-order valence-corrected chi connectivity index (χ2v) is 8.30. The van der Waals surface area contributed by atoms with Crippen molar-refractivity contribution >= 4 is 23.1 Å². The van der Waals surface area contributed by atoms with Crippen LogP contribution < -0.4 is 5.32 Å². The molecular weight excluding hydrogens is 427 g/mol. The standard InChI is InChI=1S/C24H19FN4O4/c1-28-13-17(14-5-8-16(9-6-14)29(32)33)21(22(30)20-4-2-3-11-26-20)24(28)18-12-15(25)7-10-19(18)27-23(24)31/h2-12,17,21H,13H2,1H3,(H,27,31)/t17-,21+,24+/m0/s1. The molecule has 3 heterocycles. The Labute approximate surface area is 188 Å². The summed E-state index contributed by atoms with van der Waals surface area (Å²) in [6.45, 7) is 0.310. The molecule has 1 N–H and O–H groups in total. The number of carbonyl (C=O) groups is 2. The average Bonchev–Trinajstić information content (AvgIpc) is 3.29. The van der Waals surface area contributed by atoms with Gasteiger partial charge in [0, 0.05) is 42.0 Å². The number of hydrogen-bond acceptors (Lipinski definition) is 6. The molecule has 0 radical (unpaired) electrons. The highest BCUT2D eigenvalue weighted by molar-refractivity contribution is 6.11. The lowest BCUT2D eigenvalue weighted by Gasteiger charge is -2.35. The number of Topliss-reactive ketones (excluding diaryl/α,β-unsaturated/α-hetero) is 1. The molecule has 1 saturated heterocycles. The highest BCUT2D eigenvalue weighted by Gasteiger charge is 2.64. The molecule has 1 amide bonds. The van der Waals surface area contributed by atoms with Gasteiger partial charge in [0.1, 0.15) is 17.1 Å². The Balaban J connectivity index is 1.71. The van der Waals surface area contributed by atoms with Crippen molar-refractivity contribution < 1.29 is 18.9 Å². The van der Waals surface area contributed by atoms with Crippen molar-refractivity contribution in [3.63, 3.8) is 0 Å². The largest absolute Gasteiger partial charge is 0.324 e. The molecule has 0 saturated carbocycles. The van der Waals surface area contributed by atoms with Gasteiger partial charge in [-0.15, -0.1) is 0 Å². The van der Waals surface area contributed by atoms with Crippen molar-refractivity contribution in [2.24, 2.45) is 5.92 Å². The third-order valence-electron chi connectivity index (χ3n) is 6.64. The van der Waals surface area contributed by atoms with Gasteiger partial charge < -0.3 is 5.32 Å². The number of nitrogens with zero attached hydrogens (tertiary/aromatic N) is 3. The number of rotatable bonds is 4. The van der Waals surface area contributed by atoms with E-state index in [1.165, 1.54) is 36.5 Å². The molecule has 2 aliphatic rings. The molecule has 0 unspecified atom stereocenters. The number of nitro benzene ring substituents is 1. The minimum Gasteiger partial charge on any atom is -0.324 e. The van der Waals surface area contributed by atoms with Crippen LogP contribution >= 0.6 is 0 Å². The molecule has 3 atom stereocenters. The van der Waals surface area contributed by atoms with Crippen LogP contribution in [0.25, 0.3) is 0 Å². The number of benzene rings is 2. The number of pyridine rings is 1. The van der Waals surface area contributed by atoms with E-state index in [2.05, 4.69) is 10.3 Å². The van der Waals surface area contributed by atoms with E-state index in [-0.39, 0.29) is 17.2 Å². The molecule has 0 bridgehead atoms. The Bertz CT molecular complexity index is 1280. The molecule has 2 aromatic carbocycles. The number of non-ortho nitro benzene ring substituents is 1. The number of halogens is 1. The zero-order valence-corrected chi connectivity index (χ0v) is 17.6. The summed E-state index contributed by atoms with van der Waals surface area (Å²) in [6.07, 6.45) is 1.50. The van der Waals surface area contributed by atoms with Crippen LogP contribution in [0.4, 0.5) is 15.8 Å². The second kappa shape index (κ2) is 7.56. The molecule has 33 heavy (non-hydrogen) atoms. The van der Waals surface area contributed by atoms with Crippen molar-refractivity contribution in [1.82, 2.24) is 9.88 Å². The first-order valence-electron chi connectivity index (χ1n) is 10.4. The maximum atomic E-state index is 14.3. The van der Waals surface area contributed by atoms with Gasteiger partial charge in [-0.25, -0.2) is 4.39 Å². The quantitative estimate of drug-likeness (QED) is 0.374. The first kappa shape index (κ1) is 20.9.